The van der Waals surface area contributed by atoms with Crippen molar-refractivity contribution in [3.05, 3.63) is 71.9 Å². The van der Waals surface area contributed by atoms with Gasteiger partial charge in [-0.05, 0) is 57.0 Å². The summed E-state index contributed by atoms with van der Waals surface area (Å²) >= 11 is 0. The van der Waals surface area contributed by atoms with Gasteiger partial charge in [0.2, 0.25) is 0 Å². The third-order valence-corrected chi connectivity index (χ3v) is 6.41. The number of carbonyl (C=O) groups excluding carboxylic acids is 2. The molecule has 3 heterocycles. The van der Waals surface area contributed by atoms with Crippen LogP contribution in [-0.4, -0.2) is 52.7 Å². The molecule has 0 aliphatic carbocycles. The van der Waals surface area contributed by atoms with Crippen molar-refractivity contribution in [3.8, 4) is 11.3 Å². The number of piperidine rings is 1. The van der Waals surface area contributed by atoms with E-state index in [1.807, 2.05) is 11.8 Å². The Morgan fingerprint density at radius 2 is 1.75 bits per heavy atom. The highest BCUT2D eigenvalue weighted by Crippen LogP contribution is 2.31. The second-order valence-electron chi connectivity index (χ2n) is 10.7. The lowest BCUT2D eigenvalue weighted by molar-refractivity contribution is 0.0486. The summed E-state index contributed by atoms with van der Waals surface area (Å²) in [5, 5.41) is 5.55. The van der Waals surface area contributed by atoms with Crippen LogP contribution in [0.1, 0.15) is 38.2 Å². The van der Waals surface area contributed by atoms with Crippen LogP contribution in [0.2, 0.25) is 0 Å². The summed E-state index contributed by atoms with van der Waals surface area (Å²) < 4.78 is 48.5. The molecular weight excluding hydrogens is 525 g/mol. The van der Waals surface area contributed by atoms with Gasteiger partial charge >= 0.3 is 6.09 Å². The molecule has 0 unspecified atom stereocenters. The second-order valence-corrected chi connectivity index (χ2v) is 10.7. The number of hydrogen-bond donors (Lipinski definition) is 3. The Balaban J connectivity index is 1.57. The van der Waals surface area contributed by atoms with Crippen molar-refractivity contribution in [1.29, 1.82) is 0 Å². The predicted octanol–water partition coefficient (Wildman–Crippen LogP) is 4.49. The quantitative estimate of drug-likeness (QED) is 0.423. The van der Waals surface area contributed by atoms with Crippen molar-refractivity contribution in [2.24, 2.45) is 11.7 Å². The average molecular weight is 557 g/mol. The van der Waals surface area contributed by atoms with Crippen LogP contribution in [0, 0.1) is 23.4 Å². The van der Waals surface area contributed by atoms with Gasteiger partial charge in [0.25, 0.3) is 5.91 Å². The van der Waals surface area contributed by atoms with Gasteiger partial charge in [0.15, 0.2) is 0 Å². The van der Waals surface area contributed by atoms with Gasteiger partial charge in [0, 0.05) is 25.3 Å². The topological polar surface area (TPSA) is 122 Å². The molecule has 4 rings (SSSR count). The molecule has 1 aromatic carbocycles. The van der Waals surface area contributed by atoms with E-state index < -0.39 is 52.4 Å². The van der Waals surface area contributed by atoms with Gasteiger partial charge in [-0.15, -0.1) is 0 Å². The van der Waals surface area contributed by atoms with Crippen LogP contribution in [-0.2, 0) is 4.74 Å². The number of nitrogens with two attached hydrogens (primary N) is 1. The number of amides is 2. The zero-order valence-electron chi connectivity index (χ0n) is 22.5. The molecule has 40 heavy (non-hydrogen) atoms. The lowest BCUT2D eigenvalue weighted by atomic mass is 9.90. The summed E-state index contributed by atoms with van der Waals surface area (Å²) in [5.74, 6) is -3.78. The van der Waals surface area contributed by atoms with E-state index in [4.69, 9.17) is 10.5 Å². The first-order valence-corrected chi connectivity index (χ1v) is 12.7. The zero-order chi connectivity index (χ0) is 29.2. The molecule has 212 valence electrons. The van der Waals surface area contributed by atoms with Crippen molar-refractivity contribution >= 4 is 23.4 Å². The molecule has 2 amide bonds. The van der Waals surface area contributed by atoms with Crippen LogP contribution in [0.4, 0.5) is 29.3 Å². The van der Waals surface area contributed by atoms with E-state index in [2.05, 4.69) is 20.6 Å². The number of anilines is 2. The van der Waals surface area contributed by atoms with E-state index in [-0.39, 0.29) is 17.7 Å². The van der Waals surface area contributed by atoms with Gasteiger partial charge in [-0.25, -0.2) is 22.9 Å². The highest BCUT2D eigenvalue weighted by atomic mass is 19.1. The Bertz CT molecular complexity index is 1390. The van der Waals surface area contributed by atoms with Crippen LogP contribution in [0.15, 0.2) is 48.8 Å². The highest BCUT2D eigenvalue weighted by molar-refractivity contribution is 6.04. The largest absolute Gasteiger partial charge is 0.444 e. The number of rotatable bonds is 5. The summed E-state index contributed by atoms with van der Waals surface area (Å²) in [6.07, 6.45) is 2.40. The molecule has 1 aliphatic heterocycles. The Labute approximate surface area is 229 Å². The van der Waals surface area contributed by atoms with E-state index in [1.54, 1.807) is 33.0 Å². The summed E-state index contributed by atoms with van der Waals surface area (Å²) in [6, 6.07) is 6.04. The SMILES string of the molecule is C[C@H]1CN(c2ccncc2NC(=O)c2ccc(F)c(-c3c(F)cccc3F)n2)C[C@@H](NC(=O)OC(C)(C)C)[C@H]1N. The van der Waals surface area contributed by atoms with Gasteiger partial charge in [-0.1, -0.05) is 13.0 Å². The van der Waals surface area contributed by atoms with E-state index in [0.29, 0.717) is 24.5 Å². The normalized spacial score (nSPS) is 19.2. The monoisotopic (exact) mass is 556 g/mol. The number of hydrogen-bond acceptors (Lipinski definition) is 7. The van der Waals surface area contributed by atoms with E-state index in [0.717, 1.165) is 30.3 Å². The molecular formula is C28H31F3N6O3. The van der Waals surface area contributed by atoms with E-state index in [1.165, 1.54) is 6.20 Å². The average Bonchev–Trinajstić information content (AvgIpc) is 2.86. The highest BCUT2D eigenvalue weighted by Gasteiger charge is 2.35. The summed E-state index contributed by atoms with van der Waals surface area (Å²) in [4.78, 5) is 35.5. The number of pyridine rings is 2. The van der Waals surface area contributed by atoms with Crippen LogP contribution in [0.25, 0.3) is 11.3 Å². The molecule has 0 radical (unpaired) electrons. The van der Waals surface area contributed by atoms with Crippen LogP contribution >= 0.6 is 0 Å². The molecule has 0 spiro atoms. The van der Waals surface area contributed by atoms with Crippen LogP contribution < -0.4 is 21.3 Å². The second kappa shape index (κ2) is 11.5. The molecule has 1 fully saturated rings. The first-order chi connectivity index (χ1) is 18.8. The summed E-state index contributed by atoms with van der Waals surface area (Å²) in [5.41, 5.74) is 5.08. The minimum Gasteiger partial charge on any atom is -0.444 e. The standard InChI is InChI=1S/C28H31F3N6O3/c1-15-13-37(14-21(24(15)32)36-27(39)40-28(2,3)4)22-10-11-33-12-20(22)35-26(38)19-9-8-18(31)25(34-19)23-16(29)6-5-7-17(23)30/h5-12,15,21,24H,13-14,32H2,1-4H3,(H,35,38)(H,36,39)/t15-,21+,24-/m0/s1. The van der Waals surface area contributed by atoms with Gasteiger partial charge < -0.3 is 26.0 Å². The fraction of sp³-hybridized carbons (Fsp3) is 0.357. The number of carbonyl (C=O) groups is 2. The lowest BCUT2D eigenvalue weighted by Crippen LogP contribution is -2.62. The fourth-order valence-corrected chi connectivity index (χ4v) is 4.51. The van der Waals surface area contributed by atoms with Crippen LogP contribution in [0.5, 0.6) is 0 Å². The Kier molecular flexibility index (Phi) is 8.29. The maximum Gasteiger partial charge on any atom is 0.407 e. The minimum atomic E-state index is -1.01. The first kappa shape index (κ1) is 28.8. The Hall–Kier alpha value is -4.19. The number of halogens is 3. The molecule has 9 nitrogen and oxygen atoms in total. The number of benzene rings is 1. The summed E-state index contributed by atoms with van der Waals surface area (Å²) in [6.45, 7) is 8.08. The molecule has 3 aromatic rings. The van der Waals surface area contributed by atoms with Crippen LogP contribution in [0.3, 0.4) is 0 Å². The van der Waals surface area contributed by atoms with E-state index in [9.17, 15) is 22.8 Å². The smallest absolute Gasteiger partial charge is 0.407 e. The first-order valence-electron chi connectivity index (χ1n) is 12.7. The summed E-state index contributed by atoms with van der Waals surface area (Å²) in [7, 11) is 0. The minimum absolute atomic E-state index is 0.0395. The molecule has 4 N–H and O–H groups in total. The molecule has 0 saturated carbocycles. The van der Waals surface area contributed by atoms with E-state index >= 15 is 0 Å². The fourth-order valence-electron chi connectivity index (χ4n) is 4.51. The molecule has 3 atom stereocenters. The number of aromatic nitrogens is 2. The number of nitrogens with zero attached hydrogens (tertiary/aromatic N) is 3. The van der Waals surface area contributed by atoms with Gasteiger partial charge in [-0.2, -0.15) is 0 Å². The zero-order valence-corrected chi connectivity index (χ0v) is 22.5. The molecule has 12 heteroatoms. The van der Waals surface area contributed by atoms with Crippen molar-refractivity contribution < 1.29 is 27.5 Å². The lowest BCUT2D eigenvalue weighted by Gasteiger charge is -2.42. The molecule has 1 saturated heterocycles. The maximum absolute atomic E-state index is 14.5. The number of ether oxygens (including phenoxy) is 1. The number of alkyl carbamates (subject to hydrolysis) is 1. The third-order valence-electron chi connectivity index (χ3n) is 6.41. The van der Waals surface area contributed by atoms with Crippen molar-refractivity contribution in [2.45, 2.75) is 45.4 Å². The Morgan fingerprint density at radius 3 is 2.42 bits per heavy atom. The van der Waals surface area contributed by atoms with Crippen molar-refractivity contribution in [1.82, 2.24) is 15.3 Å². The van der Waals surface area contributed by atoms with Crippen molar-refractivity contribution in [3.63, 3.8) is 0 Å². The molecule has 1 aliphatic rings. The molecule has 2 aromatic heterocycles. The van der Waals surface area contributed by atoms with Gasteiger partial charge in [-0.3, -0.25) is 9.78 Å². The molecule has 0 bridgehead atoms. The predicted molar refractivity (Wildman–Crippen MR) is 144 cm³/mol. The maximum atomic E-state index is 14.5. The van der Waals surface area contributed by atoms with Gasteiger partial charge in [0.1, 0.15) is 34.4 Å². The third kappa shape index (κ3) is 6.50. The van der Waals surface area contributed by atoms with Crippen molar-refractivity contribution in [2.75, 3.05) is 23.3 Å². The Morgan fingerprint density at radius 1 is 1.05 bits per heavy atom. The van der Waals surface area contributed by atoms with Gasteiger partial charge in [0.05, 0.1) is 29.2 Å². The number of nitrogens with one attached hydrogen (secondary N) is 2.